The van der Waals surface area contributed by atoms with Crippen molar-refractivity contribution in [1.82, 2.24) is 30.0 Å². The molecule has 1 amide bonds. The van der Waals surface area contributed by atoms with Gasteiger partial charge in [0.1, 0.15) is 9.88 Å². The van der Waals surface area contributed by atoms with Crippen LogP contribution < -0.4 is 5.32 Å². The van der Waals surface area contributed by atoms with E-state index in [9.17, 15) is 14.4 Å². The predicted octanol–water partition coefficient (Wildman–Crippen LogP) is 3.02. The fourth-order valence-electron chi connectivity index (χ4n) is 3.31. The minimum Gasteiger partial charge on any atom is -0.462 e. The van der Waals surface area contributed by atoms with Crippen LogP contribution in [0.2, 0.25) is 0 Å². The van der Waals surface area contributed by atoms with Gasteiger partial charge in [-0.05, 0) is 37.6 Å². The van der Waals surface area contributed by atoms with Crippen LogP contribution in [0, 0.1) is 6.92 Å². The Morgan fingerprint density at radius 2 is 1.72 bits per heavy atom. The van der Waals surface area contributed by atoms with E-state index in [-0.39, 0.29) is 41.0 Å². The van der Waals surface area contributed by atoms with Gasteiger partial charge in [0.05, 0.1) is 18.8 Å². The van der Waals surface area contributed by atoms with E-state index in [4.69, 9.17) is 9.47 Å². The molecule has 0 saturated heterocycles. The summed E-state index contributed by atoms with van der Waals surface area (Å²) in [6.45, 7) is 5.41. The second-order valence-electron chi connectivity index (χ2n) is 7.39. The van der Waals surface area contributed by atoms with Crippen LogP contribution in [0.15, 0.2) is 42.6 Å². The fourth-order valence-corrected chi connectivity index (χ4v) is 4.39. The van der Waals surface area contributed by atoms with Gasteiger partial charge in [0.15, 0.2) is 12.4 Å². The first kappa shape index (κ1) is 24.7. The first-order valence-electron chi connectivity index (χ1n) is 11.1. The lowest BCUT2D eigenvalue weighted by atomic mass is 10.1. The molecule has 3 heterocycles. The summed E-state index contributed by atoms with van der Waals surface area (Å²) in [6, 6.07) is 10.9. The zero-order valence-electron chi connectivity index (χ0n) is 19.8. The Morgan fingerprint density at radius 3 is 2.44 bits per heavy atom. The van der Waals surface area contributed by atoms with E-state index in [1.54, 1.807) is 27.0 Å². The first-order chi connectivity index (χ1) is 17.4. The Balaban J connectivity index is 1.51. The number of anilines is 1. The number of esters is 2. The highest BCUT2D eigenvalue weighted by Gasteiger charge is 2.28. The molecular formula is C23H23N7O5S. The van der Waals surface area contributed by atoms with Gasteiger partial charge in [-0.1, -0.05) is 30.3 Å². The lowest BCUT2D eigenvalue weighted by Gasteiger charge is -2.06. The van der Waals surface area contributed by atoms with Crippen LogP contribution >= 0.6 is 11.3 Å². The lowest BCUT2D eigenvalue weighted by molar-refractivity contribution is 0.0527. The van der Waals surface area contributed by atoms with Gasteiger partial charge in [0.2, 0.25) is 5.82 Å². The maximum Gasteiger partial charge on any atom is 0.348 e. The second kappa shape index (κ2) is 10.9. The van der Waals surface area contributed by atoms with Crippen LogP contribution in [-0.2, 0) is 16.1 Å². The maximum atomic E-state index is 12.9. The van der Waals surface area contributed by atoms with Crippen molar-refractivity contribution in [2.45, 2.75) is 27.4 Å². The average molecular weight is 510 g/mol. The molecule has 0 aliphatic rings. The molecule has 0 fully saturated rings. The van der Waals surface area contributed by atoms with Crippen LogP contribution in [0.4, 0.5) is 5.00 Å². The van der Waals surface area contributed by atoms with Gasteiger partial charge in [0.25, 0.3) is 5.91 Å². The van der Waals surface area contributed by atoms with Crippen molar-refractivity contribution in [2.24, 2.45) is 0 Å². The van der Waals surface area contributed by atoms with E-state index in [1.165, 1.54) is 15.5 Å². The summed E-state index contributed by atoms with van der Waals surface area (Å²) >= 11 is 0.947. The number of thiophene rings is 1. The lowest BCUT2D eigenvalue weighted by Crippen LogP contribution is -2.17. The van der Waals surface area contributed by atoms with Crippen molar-refractivity contribution >= 4 is 34.2 Å². The molecule has 4 rings (SSSR count). The minimum absolute atomic E-state index is 0.0944. The van der Waals surface area contributed by atoms with Gasteiger partial charge in [-0.15, -0.1) is 26.3 Å². The van der Waals surface area contributed by atoms with Crippen LogP contribution in [0.5, 0.6) is 0 Å². The largest absolute Gasteiger partial charge is 0.462 e. The molecule has 0 spiro atoms. The Labute approximate surface area is 209 Å². The topological polar surface area (TPSA) is 143 Å². The monoisotopic (exact) mass is 509 g/mol. The first-order valence-corrected chi connectivity index (χ1v) is 11.9. The number of carbonyl (C=O) groups is 3. The third-order valence-electron chi connectivity index (χ3n) is 4.94. The zero-order valence-corrected chi connectivity index (χ0v) is 20.6. The van der Waals surface area contributed by atoms with Crippen molar-refractivity contribution < 1.29 is 23.9 Å². The molecule has 0 aliphatic heterocycles. The van der Waals surface area contributed by atoms with E-state index < -0.39 is 17.8 Å². The van der Waals surface area contributed by atoms with E-state index in [2.05, 4.69) is 25.8 Å². The Kier molecular flexibility index (Phi) is 7.49. The predicted molar refractivity (Wildman–Crippen MR) is 130 cm³/mol. The van der Waals surface area contributed by atoms with Gasteiger partial charge in [-0.25, -0.2) is 14.3 Å². The van der Waals surface area contributed by atoms with Crippen molar-refractivity contribution in [1.29, 1.82) is 0 Å². The number of rotatable bonds is 9. The van der Waals surface area contributed by atoms with Crippen LogP contribution in [0.25, 0.3) is 11.4 Å². The molecule has 0 aliphatic carbocycles. The van der Waals surface area contributed by atoms with Crippen LogP contribution in [0.3, 0.4) is 0 Å². The average Bonchev–Trinajstić information content (AvgIpc) is 3.60. The summed E-state index contributed by atoms with van der Waals surface area (Å²) in [5.74, 6) is -1.31. The van der Waals surface area contributed by atoms with Gasteiger partial charge in [-0.3, -0.25) is 4.79 Å². The number of hydrogen-bond donors (Lipinski definition) is 1. The third kappa shape index (κ3) is 5.30. The van der Waals surface area contributed by atoms with E-state index in [0.29, 0.717) is 11.4 Å². The highest BCUT2D eigenvalue weighted by atomic mass is 32.1. The number of ether oxygens (including phenoxy) is 2. The quantitative estimate of drug-likeness (QED) is 0.337. The van der Waals surface area contributed by atoms with Crippen molar-refractivity contribution in [2.75, 3.05) is 18.5 Å². The smallest absolute Gasteiger partial charge is 0.348 e. The standard InChI is InChI=1S/C23H23N7O5S/c1-4-34-22(32)17-14(3)18(23(33)35-5-2)36-21(17)24-20(31)16-11-12-29(26-16)13-30-27-19(25-28-30)15-9-7-6-8-10-15/h6-12H,4-5,13H2,1-3H3,(H,24,31). The van der Waals surface area contributed by atoms with Crippen molar-refractivity contribution in [3.63, 3.8) is 0 Å². The number of carbonyl (C=O) groups excluding carboxylic acids is 3. The third-order valence-corrected chi connectivity index (χ3v) is 6.13. The zero-order chi connectivity index (χ0) is 25.7. The minimum atomic E-state index is -0.644. The van der Waals surface area contributed by atoms with Crippen molar-refractivity contribution in [3.8, 4) is 11.4 Å². The normalized spacial score (nSPS) is 10.8. The van der Waals surface area contributed by atoms with E-state index in [0.717, 1.165) is 16.9 Å². The molecule has 0 atom stereocenters. The number of nitrogens with one attached hydrogen (secondary N) is 1. The van der Waals surface area contributed by atoms with Gasteiger partial charge < -0.3 is 14.8 Å². The Hall–Kier alpha value is -4.39. The summed E-state index contributed by atoms with van der Waals surface area (Å²) in [7, 11) is 0. The van der Waals surface area contributed by atoms with E-state index in [1.807, 2.05) is 30.3 Å². The van der Waals surface area contributed by atoms with E-state index >= 15 is 0 Å². The highest BCUT2D eigenvalue weighted by molar-refractivity contribution is 7.18. The van der Waals surface area contributed by atoms with Crippen molar-refractivity contribution in [3.05, 3.63) is 64.3 Å². The molecule has 3 aromatic heterocycles. The number of amides is 1. The maximum absolute atomic E-state index is 12.9. The van der Waals surface area contributed by atoms with Gasteiger partial charge in [-0.2, -0.15) is 5.10 Å². The number of nitrogens with zero attached hydrogens (tertiary/aromatic N) is 6. The molecule has 0 unspecified atom stereocenters. The summed E-state index contributed by atoms with van der Waals surface area (Å²) in [5.41, 5.74) is 1.41. The molecule has 186 valence electrons. The summed E-state index contributed by atoms with van der Waals surface area (Å²) in [4.78, 5) is 39.4. The van der Waals surface area contributed by atoms with Gasteiger partial charge >= 0.3 is 11.9 Å². The molecule has 36 heavy (non-hydrogen) atoms. The summed E-state index contributed by atoms with van der Waals surface area (Å²) in [5, 5.41) is 19.5. The number of hydrogen-bond acceptors (Lipinski definition) is 10. The number of benzene rings is 1. The molecule has 1 aromatic carbocycles. The van der Waals surface area contributed by atoms with Crippen LogP contribution in [0.1, 0.15) is 49.9 Å². The molecule has 0 radical (unpaired) electrons. The SMILES string of the molecule is CCOC(=O)c1sc(NC(=O)c2ccn(Cn3nnc(-c4ccccc4)n3)n2)c(C(=O)OCC)c1C. The fraction of sp³-hybridized carbons (Fsp3) is 0.261. The molecule has 1 N–H and O–H groups in total. The van der Waals surface area contributed by atoms with Crippen LogP contribution in [-0.4, -0.2) is 61.0 Å². The summed E-state index contributed by atoms with van der Waals surface area (Å²) in [6.07, 6.45) is 1.59. The highest BCUT2D eigenvalue weighted by Crippen LogP contribution is 2.34. The second-order valence-corrected chi connectivity index (χ2v) is 8.41. The Morgan fingerprint density at radius 1 is 1.00 bits per heavy atom. The molecule has 13 heteroatoms. The number of aromatic nitrogens is 6. The molecule has 0 saturated carbocycles. The molecule has 0 bridgehead atoms. The summed E-state index contributed by atoms with van der Waals surface area (Å²) < 4.78 is 11.7. The number of tetrazole rings is 1. The molecular weight excluding hydrogens is 486 g/mol. The molecule has 4 aromatic rings. The molecule has 12 nitrogen and oxygen atoms in total. The Bertz CT molecular complexity index is 1390. The van der Waals surface area contributed by atoms with Gasteiger partial charge in [0, 0.05) is 11.8 Å².